The summed E-state index contributed by atoms with van der Waals surface area (Å²) in [5.41, 5.74) is 2.69. The van der Waals surface area contributed by atoms with E-state index in [9.17, 15) is 19.1 Å². The van der Waals surface area contributed by atoms with Crippen molar-refractivity contribution < 1.29 is 23.8 Å². The third-order valence-corrected chi connectivity index (χ3v) is 9.53. The van der Waals surface area contributed by atoms with E-state index in [1.54, 1.807) is 66.1 Å². The van der Waals surface area contributed by atoms with Gasteiger partial charge in [-0.25, -0.2) is 9.37 Å². The van der Waals surface area contributed by atoms with E-state index in [2.05, 4.69) is 15.2 Å². The third-order valence-electron chi connectivity index (χ3n) is 7.40. The number of ketones is 1. The molecule has 4 heterocycles. The lowest BCUT2D eigenvalue weighted by Gasteiger charge is -2.23. The molecule has 46 heavy (non-hydrogen) atoms. The number of carbonyl (C=O) groups excluding carboxylic acids is 2. The molecular weight excluding hydrogens is 626 g/mol. The standard InChI is InChI=1S/C34H24FN5O4S2/c1-20-28(39-17-6-5-12-26(39)36-20)30(41)27-29(22-8-7-11-25(18-22)44-24-9-3-2-4-10-24)40(32(43)31(27)42)33-37-38-34(46-33)45-19-21-13-15-23(35)16-14-21/h2-18,29,41H,19H2,1H3. The van der Waals surface area contributed by atoms with E-state index in [1.807, 2.05) is 36.4 Å². The molecule has 1 aliphatic heterocycles. The summed E-state index contributed by atoms with van der Waals surface area (Å²) in [5, 5.41) is 20.6. The Morgan fingerprint density at radius 1 is 0.957 bits per heavy atom. The number of aliphatic hydroxyl groups is 1. The molecule has 6 aromatic rings. The molecule has 0 radical (unpaired) electrons. The fourth-order valence-electron chi connectivity index (χ4n) is 5.33. The van der Waals surface area contributed by atoms with Crippen molar-refractivity contribution in [3.63, 3.8) is 0 Å². The molecule has 1 unspecified atom stereocenters. The Balaban J connectivity index is 1.32. The predicted molar refractivity (Wildman–Crippen MR) is 174 cm³/mol. The molecule has 0 aliphatic carbocycles. The van der Waals surface area contributed by atoms with E-state index in [0.29, 0.717) is 44.2 Å². The number of benzene rings is 3. The van der Waals surface area contributed by atoms with Gasteiger partial charge in [0, 0.05) is 11.9 Å². The van der Waals surface area contributed by atoms with E-state index < -0.39 is 17.7 Å². The fraction of sp³-hybridized carbons (Fsp3) is 0.0882. The van der Waals surface area contributed by atoms with Crippen LogP contribution in [0.2, 0.25) is 0 Å². The number of para-hydroxylation sites is 1. The van der Waals surface area contributed by atoms with Crippen LogP contribution in [0.25, 0.3) is 11.4 Å². The molecule has 0 spiro atoms. The first-order valence-electron chi connectivity index (χ1n) is 14.2. The number of carbonyl (C=O) groups is 2. The number of ether oxygens (including phenoxy) is 1. The molecule has 1 fully saturated rings. The number of anilines is 1. The second-order valence-electron chi connectivity index (χ2n) is 10.4. The average molecular weight is 650 g/mol. The lowest BCUT2D eigenvalue weighted by atomic mass is 9.96. The van der Waals surface area contributed by atoms with Gasteiger partial charge in [0.05, 0.1) is 17.3 Å². The van der Waals surface area contributed by atoms with Crippen molar-refractivity contribution >= 4 is 51.3 Å². The first kappa shape index (κ1) is 29.4. The van der Waals surface area contributed by atoms with Crippen molar-refractivity contribution in [3.8, 4) is 11.5 Å². The molecule has 9 nitrogen and oxygen atoms in total. The van der Waals surface area contributed by atoms with Gasteiger partial charge in [-0.1, -0.05) is 71.6 Å². The number of Topliss-reactive ketones (excluding diaryl/α,β-unsaturated/α-hetero) is 1. The Labute approximate surface area is 270 Å². The highest BCUT2D eigenvalue weighted by Gasteiger charge is 2.49. The number of rotatable bonds is 8. The highest BCUT2D eigenvalue weighted by atomic mass is 32.2. The van der Waals surface area contributed by atoms with E-state index >= 15 is 0 Å². The van der Waals surface area contributed by atoms with E-state index in [-0.39, 0.29) is 22.3 Å². The van der Waals surface area contributed by atoms with Crippen molar-refractivity contribution in [2.45, 2.75) is 23.1 Å². The molecule has 0 bridgehead atoms. The number of hydrogen-bond donors (Lipinski definition) is 1. The molecule has 1 amide bonds. The molecule has 12 heteroatoms. The van der Waals surface area contributed by atoms with Crippen molar-refractivity contribution in [2.24, 2.45) is 0 Å². The van der Waals surface area contributed by atoms with Gasteiger partial charge in [-0.05, 0) is 66.6 Å². The molecule has 1 aliphatic rings. The summed E-state index contributed by atoms with van der Waals surface area (Å²) < 4.78 is 21.7. The highest BCUT2D eigenvalue weighted by Crippen LogP contribution is 2.45. The van der Waals surface area contributed by atoms with Gasteiger partial charge in [0.2, 0.25) is 5.13 Å². The largest absolute Gasteiger partial charge is 0.505 e. The average Bonchev–Trinajstić information content (AvgIpc) is 3.74. The summed E-state index contributed by atoms with van der Waals surface area (Å²) in [6.07, 6.45) is 1.74. The summed E-state index contributed by atoms with van der Waals surface area (Å²) in [7, 11) is 0. The molecule has 228 valence electrons. The van der Waals surface area contributed by atoms with Gasteiger partial charge in [-0.2, -0.15) is 0 Å². The quantitative estimate of drug-likeness (QED) is 0.0600. The topological polar surface area (TPSA) is 110 Å². The number of pyridine rings is 1. The number of hydrogen-bond acceptors (Lipinski definition) is 9. The molecule has 0 saturated carbocycles. The zero-order chi connectivity index (χ0) is 31.8. The Morgan fingerprint density at radius 3 is 2.52 bits per heavy atom. The van der Waals surface area contributed by atoms with Crippen LogP contribution in [-0.4, -0.2) is 36.4 Å². The van der Waals surface area contributed by atoms with Crippen LogP contribution in [0.5, 0.6) is 11.5 Å². The third kappa shape index (κ3) is 5.52. The second kappa shape index (κ2) is 12.2. The maximum Gasteiger partial charge on any atom is 0.301 e. The van der Waals surface area contributed by atoms with Gasteiger partial charge in [0.25, 0.3) is 5.78 Å². The monoisotopic (exact) mass is 649 g/mol. The summed E-state index contributed by atoms with van der Waals surface area (Å²) in [5.74, 6) is -0.790. The molecular formula is C34H24FN5O4S2. The Morgan fingerprint density at radius 2 is 1.72 bits per heavy atom. The fourth-order valence-corrected chi connectivity index (χ4v) is 7.15. The van der Waals surface area contributed by atoms with Gasteiger partial charge < -0.3 is 9.84 Å². The van der Waals surface area contributed by atoms with Crippen LogP contribution in [0.1, 0.15) is 28.6 Å². The molecule has 3 aromatic carbocycles. The summed E-state index contributed by atoms with van der Waals surface area (Å²) in [6, 6.07) is 26.8. The highest BCUT2D eigenvalue weighted by molar-refractivity contribution is 8.00. The summed E-state index contributed by atoms with van der Waals surface area (Å²) in [6.45, 7) is 1.73. The van der Waals surface area contributed by atoms with E-state index in [1.165, 1.54) is 28.8 Å². The minimum Gasteiger partial charge on any atom is -0.505 e. The van der Waals surface area contributed by atoms with Crippen molar-refractivity contribution in [2.75, 3.05) is 4.90 Å². The van der Waals surface area contributed by atoms with Gasteiger partial charge in [0.1, 0.15) is 28.7 Å². The number of nitrogens with zero attached hydrogens (tertiary/aromatic N) is 5. The number of amides is 1. The van der Waals surface area contributed by atoms with Crippen molar-refractivity contribution in [3.05, 3.63) is 137 Å². The van der Waals surface area contributed by atoms with Gasteiger partial charge in [-0.15, -0.1) is 10.2 Å². The van der Waals surface area contributed by atoms with Crippen LogP contribution in [-0.2, 0) is 15.3 Å². The first-order chi connectivity index (χ1) is 22.4. The van der Waals surface area contributed by atoms with Crippen LogP contribution >= 0.6 is 23.1 Å². The second-order valence-corrected chi connectivity index (χ2v) is 12.6. The first-order valence-corrected chi connectivity index (χ1v) is 16.0. The van der Waals surface area contributed by atoms with Crippen LogP contribution in [0.4, 0.5) is 9.52 Å². The summed E-state index contributed by atoms with van der Waals surface area (Å²) in [4.78, 5) is 33.4. The Bertz CT molecular complexity index is 2130. The number of thioether (sulfide) groups is 1. The van der Waals surface area contributed by atoms with Crippen molar-refractivity contribution in [1.29, 1.82) is 0 Å². The maximum absolute atomic E-state index is 13.8. The maximum atomic E-state index is 13.8. The van der Waals surface area contributed by atoms with Crippen LogP contribution in [0.3, 0.4) is 0 Å². The minimum absolute atomic E-state index is 0.105. The number of fused-ring (bicyclic) bond motifs is 1. The molecule has 7 rings (SSSR count). The molecule has 3 aromatic heterocycles. The van der Waals surface area contributed by atoms with Crippen LogP contribution in [0, 0.1) is 12.7 Å². The molecule has 1 atom stereocenters. The van der Waals surface area contributed by atoms with Gasteiger partial charge >= 0.3 is 5.91 Å². The van der Waals surface area contributed by atoms with E-state index in [4.69, 9.17) is 4.74 Å². The lowest BCUT2D eigenvalue weighted by molar-refractivity contribution is -0.132. The van der Waals surface area contributed by atoms with Gasteiger partial charge in [0.15, 0.2) is 10.1 Å². The number of aryl methyl sites for hydroxylation is 1. The number of aliphatic hydroxyl groups excluding tert-OH is 1. The van der Waals surface area contributed by atoms with Crippen LogP contribution < -0.4 is 9.64 Å². The minimum atomic E-state index is -1.05. The molecule has 1 N–H and O–H groups in total. The predicted octanol–water partition coefficient (Wildman–Crippen LogP) is 7.34. The number of imidazole rings is 1. The Hall–Kier alpha value is -5.33. The molecule has 1 saturated heterocycles. The number of halogens is 1. The van der Waals surface area contributed by atoms with Crippen LogP contribution in [0.15, 0.2) is 113 Å². The zero-order valence-corrected chi connectivity index (χ0v) is 25.8. The lowest BCUT2D eigenvalue weighted by Crippen LogP contribution is -2.29. The zero-order valence-electron chi connectivity index (χ0n) is 24.2. The van der Waals surface area contributed by atoms with E-state index in [0.717, 1.165) is 16.9 Å². The number of aromatic nitrogens is 4. The Kier molecular flexibility index (Phi) is 7.81. The SMILES string of the molecule is Cc1nc2ccccn2c1C(O)=C1C(=O)C(=O)N(c2nnc(SCc3ccc(F)cc3)s2)C1c1cccc(Oc2ccccc2)c1. The smallest absolute Gasteiger partial charge is 0.301 e. The summed E-state index contributed by atoms with van der Waals surface area (Å²) >= 11 is 2.52. The van der Waals surface area contributed by atoms with Gasteiger partial charge in [-0.3, -0.25) is 18.9 Å². The normalized spacial score (nSPS) is 16.0. The van der Waals surface area contributed by atoms with Crippen molar-refractivity contribution in [1.82, 2.24) is 19.6 Å².